The predicted molar refractivity (Wildman–Crippen MR) is 113 cm³/mol. The molecule has 5 nitrogen and oxygen atoms in total. The molecule has 0 N–H and O–H groups in total. The molecule has 3 aromatic rings. The first-order chi connectivity index (χ1) is 13.4. The number of hydrogen-bond donors (Lipinski definition) is 0. The molecule has 2 aromatic heterocycles. The zero-order chi connectivity index (χ0) is 18.1. The van der Waals surface area contributed by atoms with Crippen LogP contribution in [0.1, 0.15) is 43.7 Å². The number of pyridine rings is 1. The summed E-state index contributed by atoms with van der Waals surface area (Å²) in [6.07, 6.45) is 9.99. The van der Waals surface area contributed by atoms with E-state index in [4.69, 9.17) is 9.72 Å². The Morgan fingerprint density at radius 2 is 1.68 bits per heavy atom. The lowest BCUT2D eigenvalue weighted by Crippen LogP contribution is -2.54. The van der Waals surface area contributed by atoms with Crippen LogP contribution >= 0.6 is 12.4 Å². The molecule has 146 valence electrons. The molecule has 28 heavy (non-hydrogen) atoms. The second kappa shape index (κ2) is 8.31. The lowest BCUT2D eigenvalue weighted by molar-refractivity contribution is 0.155. The van der Waals surface area contributed by atoms with Crippen molar-refractivity contribution in [3.63, 3.8) is 0 Å². The van der Waals surface area contributed by atoms with E-state index in [1.807, 2.05) is 12.1 Å². The zero-order valence-electron chi connectivity index (χ0n) is 15.8. The van der Waals surface area contributed by atoms with Crippen molar-refractivity contribution in [2.45, 2.75) is 44.1 Å². The van der Waals surface area contributed by atoms with E-state index in [-0.39, 0.29) is 18.5 Å². The smallest absolute Gasteiger partial charge is 0.236 e. The number of aromatic nitrogens is 3. The predicted octanol–water partition coefficient (Wildman–Crippen LogP) is 4.76. The standard InChI is InChI=1S/C22H24N4O.ClH/c1-2-7-17(8-3-1)21-22(24-13-12-23-21)27-18-14-26(15-18)20-11-10-16-6-4-5-9-19(16)25-20;/h4-6,9-13,17-18H,1-3,7-8,14-15H2;1H. The third-order valence-electron chi connectivity index (χ3n) is 5.72. The molecule has 1 saturated heterocycles. The molecule has 5 rings (SSSR count). The molecule has 0 spiro atoms. The Labute approximate surface area is 171 Å². The first-order valence-electron chi connectivity index (χ1n) is 9.95. The molecule has 0 radical (unpaired) electrons. The van der Waals surface area contributed by atoms with E-state index in [1.165, 1.54) is 37.5 Å². The fourth-order valence-corrected chi connectivity index (χ4v) is 4.17. The molecule has 0 unspecified atom stereocenters. The van der Waals surface area contributed by atoms with Crippen molar-refractivity contribution in [2.24, 2.45) is 0 Å². The Balaban J connectivity index is 0.00000192. The van der Waals surface area contributed by atoms with E-state index >= 15 is 0 Å². The summed E-state index contributed by atoms with van der Waals surface area (Å²) in [7, 11) is 0. The molecule has 1 saturated carbocycles. The number of halogens is 1. The second-order valence-electron chi connectivity index (χ2n) is 7.59. The summed E-state index contributed by atoms with van der Waals surface area (Å²) >= 11 is 0. The van der Waals surface area contributed by atoms with Crippen LogP contribution in [0.2, 0.25) is 0 Å². The first-order valence-corrected chi connectivity index (χ1v) is 9.95. The highest BCUT2D eigenvalue weighted by Crippen LogP contribution is 2.36. The highest BCUT2D eigenvalue weighted by Gasteiger charge is 2.31. The Kier molecular flexibility index (Phi) is 5.62. The maximum Gasteiger partial charge on any atom is 0.236 e. The van der Waals surface area contributed by atoms with Gasteiger partial charge in [-0.1, -0.05) is 37.5 Å². The molecule has 1 aliphatic carbocycles. The fourth-order valence-electron chi connectivity index (χ4n) is 4.17. The van der Waals surface area contributed by atoms with Crippen LogP contribution in [0.25, 0.3) is 10.9 Å². The van der Waals surface area contributed by atoms with Gasteiger partial charge in [0.25, 0.3) is 0 Å². The first kappa shape index (κ1) is 18.9. The summed E-state index contributed by atoms with van der Waals surface area (Å²) in [5, 5.41) is 1.17. The average Bonchev–Trinajstić information content (AvgIpc) is 2.71. The molecule has 1 aromatic carbocycles. The number of ether oxygens (including phenoxy) is 1. The van der Waals surface area contributed by atoms with Crippen LogP contribution in [0.3, 0.4) is 0 Å². The van der Waals surface area contributed by atoms with Gasteiger partial charge in [0.2, 0.25) is 5.88 Å². The summed E-state index contributed by atoms with van der Waals surface area (Å²) < 4.78 is 6.23. The third kappa shape index (κ3) is 3.76. The molecule has 3 heterocycles. The van der Waals surface area contributed by atoms with Gasteiger partial charge in [0.05, 0.1) is 18.6 Å². The van der Waals surface area contributed by atoms with Gasteiger partial charge in [0.15, 0.2) is 0 Å². The summed E-state index contributed by atoms with van der Waals surface area (Å²) in [6, 6.07) is 12.5. The highest BCUT2D eigenvalue weighted by atomic mass is 35.5. The van der Waals surface area contributed by atoms with Gasteiger partial charge < -0.3 is 9.64 Å². The number of fused-ring (bicyclic) bond motifs is 1. The van der Waals surface area contributed by atoms with Crippen LogP contribution in [0.4, 0.5) is 5.82 Å². The highest BCUT2D eigenvalue weighted by molar-refractivity contribution is 5.85. The van der Waals surface area contributed by atoms with Gasteiger partial charge in [-0.25, -0.2) is 9.97 Å². The molecule has 2 fully saturated rings. The van der Waals surface area contributed by atoms with Gasteiger partial charge in [0.1, 0.15) is 17.6 Å². The lowest BCUT2D eigenvalue weighted by Gasteiger charge is -2.40. The fraction of sp³-hybridized carbons (Fsp3) is 0.409. The summed E-state index contributed by atoms with van der Waals surface area (Å²) in [5.41, 5.74) is 2.09. The van der Waals surface area contributed by atoms with Crippen molar-refractivity contribution in [3.05, 3.63) is 54.5 Å². The normalized spacial score (nSPS) is 17.8. The summed E-state index contributed by atoms with van der Waals surface area (Å²) in [4.78, 5) is 16.1. The Morgan fingerprint density at radius 3 is 2.54 bits per heavy atom. The van der Waals surface area contributed by atoms with E-state index in [2.05, 4.69) is 39.1 Å². The van der Waals surface area contributed by atoms with Crippen LogP contribution in [0.15, 0.2) is 48.8 Å². The molecule has 0 bridgehead atoms. The zero-order valence-corrected chi connectivity index (χ0v) is 16.6. The monoisotopic (exact) mass is 396 g/mol. The molecular formula is C22H25ClN4O. The number of benzene rings is 1. The Hall–Kier alpha value is -2.40. The number of rotatable bonds is 4. The SMILES string of the molecule is Cl.c1ccc2nc(N3CC(Oc4nccnc4C4CCCCC4)C3)ccc2c1. The maximum atomic E-state index is 6.23. The maximum absolute atomic E-state index is 6.23. The molecule has 2 aliphatic rings. The molecule has 1 aliphatic heterocycles. The van der Waals surface area contributed by atoms with Gasteiger partial charge >= 0.3 is 0 Å². The average molecular weight is 397 g/mol. The van der Waals surface area contributed by atoms with Crippen molar-refractivity contribution >= 4 is 29.1 Å². The van der Waals surface area contributed by atoms with Crippen molar-refractivity contribution in [3.8, 4) is 5.88 Å². The Bertz CT molecular complexity index is 938. The largest absolute Gasteiger partial charge is 0.469 e. The number of para-hydroxylation sites is 1. The molecular weight excluding hydrogens is 372 g/mol. The Morgan fingerprint density at radius 1 is 0.893 bits per heavy atom. The van der Waals surface area contributed by atoms with Gasteiger partial charge in [0, 0.05) is 23.7 Å². The van der Waals surface area contributed by atoms with E-state index in [9.17, 15) is 0 Å². The van der Waals surface area contributed by atoms with Crippen LogP contribution in [-0.2, 0) is 0 Å². The quantitative estimate of drug-likeness (QED) is 0.636. The van der Waals surface area contributed by atoms with Crippen LogP contribution in [-0.4, -0.2) is 34.1 Å². The molecule has 6 heteroatoms. The van der Waals surface area contributed by atoms with E-state index in [0.29, 0.717) is 5.92 Å². The van der Waals surface area contributed by atoms with Crippen LogP contribution in [0.5, 0.6) is 5.88 Å². The number of anilines is 1. The summed E-state index contributed by atoms with van der Waals surface area (Å²) in [5.74, 6) is 2.25. The van der Waals surface area contributed by atoms with Crippen molar-refractivity contribution in [1.29, 1.82) is 0 Å². The van der Waals surface area contributed by atoms with E-state index in [1.54, 1.807) is 12.4 Å². The van der Waals surface area contributed by atoms with Gasteiger partial charge in [-0.3, -0.25) is 4.98 Å². The topological polar surface area (TPSA) is 51.1 Å². The number of nitrogens with zero attached hydrogens (tertiary/aromatic N) is 4. The van der Waals surface area contributed by atoms with Gasteiger partial charge in [-0.2, -0.15) is 0 Å². The molecule has 0 atom stereocenters. The van der Waals surface area contributed by atoms with Crippen molar-refractivity contribution in [1.82, 2.24) is 15.0 Å². The van der Waals surface area contributed by atoms with Gasteiger partial charge in [-0.15, -0.1) is 12.4 Å². The minimum Gasteiger partial charge on any atom is -0.469 e. The minimum atomic E-state index is 0. The van der Waals surface area contributed by atoms with E-state index < -0.39 is 0 Å². The van der Waals surface area contributed by atoms with Crippen molar-refractivity contribution in [2.75, 3.05) is 18.0 Å². The summed E-state index contributed by atoms with van der Waals surface area (Å²) in [6.45, 7) is 1.68. The van der Waals surface area contributed by atoms with Crippen molar-refractivity contribution < 1.29 is 4.74 Å². The minimum absolute atomic E-state index is 0. The van der Waals surface area contributed by atoms with Crippen LogP contribution in [0, 0.1) is 0 Å². The lowest BCUT2D eigenvalue weighted by atomic mass is 9.87. The van der Waals surface area contributed by atoms with Gasteiger partial charge in [-0.05, 0) is 31.0 Å². The molecule has 0 amide bonds. The number of hydrogen-bond acceptors (Lipinski definition) is 5. The second-order valence-corrected chi connectivity index (χ2v) is 7.59. The third-order valence-corrected chi connectivity index (χ3v) is 5.72. The van der Waals surface area contributed by atoms with Crippen LogP contribution < -0.4 is 9.64 Å². The van der Waals surface area contributed by atoms with E-state index in [0.717, 1.165) is 36.0 Å².